The molecule has 1 N–H and O–H groups in total. The molecule has 0 aliphatic rings. The summed E-state index contributed by atoms with van der Waals surface area (Å²) in [7, 11) is 1.78. The average Bonchev–Trinajstić information content (AvgIpc) is 2.64. The lowest BCUT2D eigenvalue weighted by Gasteiger charge is -2.03. The summed E-state index contributed by atoms with van der Waals surface area (Å²) in [5.74, 6) is 1.14. The minimum absolute atomic E-state index is 0.148. The van der Waals surface area contributed by atoms with Crippen LogP contribution in [0.5, 0.6) is 0 Å². The molecular weight excluding hydrogens is 249 g/mol. The Hall–Kier alpha value is -1.10. The summed E-state index contributed by atoms with van der Waals surface area (Å²) in [6.07, 6.45) is 0. The molecule has 0 aliphatic heterocycles. The maximum Gasteiger partial charge on any atom is 0.163 e. The van der Waals surface area contributed by atoms with Crippen LogP contribution in [0, 0.1) is 0 Å². The summed E-state index contributed by atoms with van der Waals surface area (Å²) in [6, 6.07) is 5.22. The summed E-state index contributed by atoms with van der Waals surface area (Å²) in [5, 5.41) is 17.8. The van der Waals surface area contributed by atoms with Crippen LogP contribution in [0.2, 0.25) is 10.0 Å². The highest BCUT2D eigenvalue weighted by Gasteiger charge is 2.10. The molecule has 1 aromatic carbocycles. The molecule has 84 valence electrons. The lowest BCUT2D eigenvalue weighted by Crippen LogP contribution is -1.99. The van der Waals surface area contributed by atoms with Crippen LogP contribution in [0.15, 0.2) is 18.2 Å². The number of benzene rings is 1. The number of nitrogens with zero attached hydrogens (tertiary/aromatic N) is 3. The Morgan fingerprint density at radius 1 is 1.25 bits per heavy atom. The number of hydrogen-bond donors (Lipinski definition) is 1. The van der Waals surface area contributed by atoms with Gasteiger partial charge in [0.15, 0.2) is 11.6 Å². The van der Waals surface area contributed by atoms with E-state index in [0.29, 0.717) is 21.7 Å². The molecule has 0 bridgehead atoms. The first-order valence-electron chi connectivity index (χ1n) is 4.58. The van der Waals surface area contributed by atoms with Crippen LogP contribution >= 0.6 is 23.2 Å². The quantitative estimate of drug-likeness (QED) is 0.898. The molecule has 1 aromatic heterocycles. The maximum atomic E-state index is 9.01. The first-order chi connectivity index (χ1) is 7.63. The first kappa shape index (κ1) is 11.4. The number of rotatable bonds is 2. The highest BCUT2D eigenvalue weighted by Crippen LogP contribution is 2.27. The van der Waals surface area contributed by atoms with E-state index in [4.69, 9.17) is 28.3 Å². The second-order valence-corrected chi connectivity index (χ2v) is 4.10. The van der Waals surface area contributed by atoms with Crippen molar-refractivity contribution in [3.8, 4) is 11.4 Å². The minimum Gasteiger partial charge on any atom is -0.388 e. The van der Waals surface area contributed by atoms with Crippen molar-refractivity contribution in [1.82, 2.24) is 14.8 Å². The Morgan fingerprint density at radius 2 is 2.00 bits per heavy atom. The van der Waals surface area contributed by atoms with Gasteiger partial charge >= 0.3 is 0 Å². The van der Waals surface area contributed by atoms with Gasteiger partial charge in [0, 0.05) is 12.6 Å². The van der Waals surface area contributed by atoms with Crippen molar-refractivity contribution in [3.63, 3.8) is 0 Å². The summed E-state index contributed by atoms with van der Waals surface area (Å²) in [6.45, 7) is -0.148. The molecule has 0 spiro atoms. The number of aromatic nitrogens is 3. The second kappa shape index (κ2) is 4.41. The van der Waals surface area contributed by atoms with Crippen LogP contribution in [0.1, 0.15) is 5.82 Å². The molecule has 0 aliphatic carbocycles. The monoisotopic (exact) mass is 257 g/mol. The first-order valence-corrected chi connectivity index (χ1v) is 5.33. The van der Waals surface area contributed by atoms with E-state index >= 15 is 0 Å². The van der Waals surface area contributed by atoms with Gasteiger partial charge in [0.25, 0.3) is 0 Å². The molecule has 4 nitrogen and oxygen atoms in total. The normalized spacial score (nSPS) is 10.8. The highest BCUT2D eigenvalue weighted by atomic mass is 35.5. The van der Waals surface area contributed by atoms with E-state index in [1.807, 2.05) is 0 Å². The van der Waals surface area contributed by atoms with Crippen LogP contribution < -0.4 is 0 Å². The molecule has 0 unspecified atom stereocenters. The topological polar surface area (TPSA) is 50.9 Å². The van der Waals surface area contributed by atoms with E-state index in [9.17, 15) is 0 Å². The van der Waals surface area contributed by atoms with Crippen molar-refractivity contribution >= 4 is 23.2 Å². The highest BCUT2D eigenvalue weighted by molar-refractivity contribution is 6.42. The van der Waals surface area contributed by atoms with Gasteiger partial charge in [-0.25, -0.2) is 0 Å². The van der Waals surface area contributed by atoms with E-state index in [-0.39, 0.29) is 6.61 Å². The van der Waals surface area contributed by atoms with Crippen molar-refractivity contribution in [2.24, 2.45) is 7.05 Å². The SMILES string of the molecule is Cn1c(CO)nnc1-c1ccc(Cl)c(Cl)c1. The number of aliphatic hydroxyl groups is 1. The largest absolute Gasteiger partial charge is 0.388 e. The zero-order valence-electron chi connectivity index (χ0n) is 8.48. The van der Waals surface area contributed by atoms with Crippen molar-refractivity contribution in [1.29, 1.82) is 0 Å². The molecule has 6 heteroatoms. The maximum absolute atomic E-state index is 9.01. The van der Waals surface area contributed by atoms with Gasteiger partial charge in [0.2, 0.25) is 0 Å². The smallest absolute Gasteiger partial charge is 0.163 e. The van der Waals surface area contributed by atoms with E-state index in [0.717, 1.165) is 5.56 Å². The van der Waals surface area contributed by atoms with Crippen LogP contribution in [-0.4, -0.2) is 19.9 Å². The molecule has 0 fully saturated rings. The standard InChI is InChI=1S/C10H9Cl2N3O/c1-15-9(5-16)13-14-10(15)6-2-3-7(11)8(12)4-6/h2-4,16H,5H2,1H3. The summed E-state index contributed by atoms with van der Waals surface area (Å²) in [5.41, 5.74) is 0.809. The van der Waals surface area contributed by atoms with Crippen molar-refractivity contribution in [2.45, 2.75) is 6.61 Å². The second-order valence-electron chi connectivity index (χ2n) is 3.29. The molecule has 0 radical (unpaired) electrons. The molecule has 2 rings (SSSR count). The van der Waals surface area contributed by atoms with Gasteiger partial charge in [-0.3, -0.25) is 0 Å². The third-order valence-electron chi connectivity index (χ3n) is 2.28. The third-order valence-corrected chi connectivity index (χ3v) is 3.02. The van der Waals surface area contributed by atoms with Crippen molar-refractivity contribution < 1.29 is 5.11 Å². The summed E-state index contributed by atoms with van der Waals surface area (Å²) in [4.78, 5) is 0. The van der Waals surface area contributed by atoms with Gasteiger partial charge in [0.05, 0.1) is 10.0 Å². The molecule has 0 saturated carbocycles. The van der Waals surface area contributed by atoms with Gasteiger partial charge in [-0.05, 0) is 18.2 Å². The Labute approximate surface area is 102 Å². The Bertz CT molecular complexity index is 525. The molecule has 0 amide bonds. The fourth-order valence-electron chi connectivity index (χ4n) is 1.39. The van der Waals surface area contributed by atoms with Crippen LogP contribution in [0.25, 0.3) is 11.4 Å². The van der Waals surface area contributed by atoms with E-state index in [1.165, 1.54) is 0 Å². The van der Waals surface area contributed by atoms with E-state index in [2.05, 4.69) is 10.2 Å². The molecule has 0 saturated heterocycles. The Balaban J connectivity index is 2.50. The Morgan fingerprint density at radius 3 is 2.56 bits per heavy atom. The van der Waals surface area contributed by atoms with Gasteiger partial charge < -0.3 is 9.67 Å². The van der Waals surface area contributed by atoms with Gasteiger partial charge in [-0.1, -0.05) is 23.2 Å². The van der Waals surface area contributed by atoms with Crippen molar-refractivity contribution in [2.75, 3.05) is 0 Å². The molecule has 1 heterocycles. The Kier molecular flexibility index (Phi) is 3.14. The molecule has 16 heavy (non-hydrogen) atoms. The van der Waals surface area contributed by atoms with E-state index in [1.54, 1.807) is 29.8 Å². The van der Waals surface area contributed by atoms with Gasteiger partial charge in [-0.15, -0.1) is 10.2 Å². The summed E-state index contributed by atoms with van der Waals surface area (Å²) < 4.78 is 1.71. The van der Waals surface area contributed by atoms with Gasteiger partial charge in [-0.2, -0.15) is 0 Å². The molecule has 2 aromatic rings. The lowest BCUT2D eigenvalue weighted by molar-refractivity contribution is 0.267. The molecule has 0 atom stereocenters. The van der Waals surface area contributed by atoms with Gasteiger partial charge in [0.1, 0.15) is 6.61 Å². The van der Waals surface area contributed by atoms with Crippen LogP contribution in [0.3, 0.4) is 0 Å². The van der Waals surface area contributed by atoms with Crippen LogP contribution in [-0.2, 0) is 13.7 Å². The molecular formula is C10H9Cl2N3O. The fraction of sp³-hybridized carbons (Fsp3) is 0.200. The fourth-order valence-corrected chi connectivity index (χ4v) is 1.68. The average molecular weight is 258 g/mol. The van der Waals surface area contributed by atoms with Crippen molar-refractivity contribution in [3.05, 3.63) is 34.1 Å². The predicted octanol–water partition coefficient (Wildman–Crippen LogP) is 2.28. The summed E-state index contributed by atoms with van der Waals surface area (Å²) >= 11 is 11.7. The minimum atomic E-state index is -0.148. The number of hydrogen-bond acceptors (Lipinski definition) is 3. The number of halogens is 2. The van der Waals surface area contributed by atoms with Crippen LogP contribution in [0.4, 0.5) is 0 Å². The lowest BCUT2D eigenvalue weighted by atomic mass is 10.2. The third kappa shape index (κ3) is 1.91. The zero-order valence-corrected chi connectivity index (χ0v) is 10.00. The number of aliphatic hydroxyl groups excluding tert-OH is 1. The van der Waals surface area contributed by atoms with E-state index < -0.39 is 0 Å². The predicted molar refractivity (Wildman–Crippen MR) is 62.4 cm³/mol. The zero-order chi connectivity index (χ0) is 11.7.